The molecule has 6 heteroatoms. The molecule has 0 aromatic carbocycles. The third-order valence-corrected chi connectivity index (χ3v) is 1.83. The van der Waals surface area contributed by atoms with Crippen LogP contribution in [0.15, 0.2) is 0 Å². The highest BCUT2D eigenvalue weighted by Gasteiger charge is 2.43. The lowest BCUT2D eigenvalue weighted by atomic mass is 10.00. The molecule has 0 saturated carbocycles. The highest BCUT2D eigenvalue weighted by atomic mass is 19.1. The molecule has 1 heterocycles. The minimum Gasteiger partial charge on any atom is -0.394 e. The molecule has 5 nitrogen and oxygen atoms in total. The number of aliphatic hydroxyl groups is 4. The molecule has 0 aliphatic carbocycles. The van der Waals surface area contributed by atoms with Gasteiger partial charge in [-0.1, -0.05) is 0 Å². The van der Waals surface area contributed by atoms with Crippen LogP contribution in [0.5, 0.6) is 0 Å². The molecule has 1 rings (SSSR count). The Balaban J connectivity index is 2.63. The monoisotopic (exact) mass is 182 g/mol. The van der Waals surface area contributed by atoms with Gasteiger partial charge in [-0.2, -0.15) is 0 Å². The first-order chi connectivity index (χ1) is 5.57. The quantitative estimate of drug-likeness (QED) is 0.368. The number of halogens is 1. The van der Waals surface area contributed by atoms with Crippen molar-refractivity contribution in [3.63, 3.8) is 0 Å². The van der Waals surface area contributed by atoms with Gasteiger partial charge in [0, 0.05) is 0 Å². The smallest absolute Gasteiger partial charge is 0.228 e. The molecule has 0 amide bonds. The van der Waals surface area contributed by atoms with E-state index in [4.69, 9.17) is 20.4 Å². The molecule has 1 saturated heterocycles. The van der Waals surface area contributed by atoms with Crippen molar-refractivity contribution in [2.45, 2.75) is 30.8 Å². The second kappa shape index (κ2) is 3.63. The van der Waals surface area contributed by atoms with E-state index < -0.39 is 37.4 Å². The third kappa shape index (κ3) is 1.57. The molecular formula is C6H11FO5. The maximum absolute atomic E-state index is 12.6. The predicted molar refractivity (Wildman–Crippen MR) is 34.9 cm³/mol. The van der Waals surface area contributed by atoms with Crippen LogP contribution in [0.1, 0.15) is 0 Å². The number of alkyl halides is 1. The molecule has 0 aromatic rings. The summed E-state index contributed by atoms with van der Waals surface area (Å²) in [4.78, 5) is 0. The molecule has 1 aliphatic rings. The fourth-order valence-electron chi connectivity index (χ4n) is 1.06. The number of rotatable bonds is 1. The number of ether oxygens (including phenoxy) is 1. The van der Waals surface area contributed by atoms with Gasteiger partial charge in [0.2, 0.25) is 6.36 Å². The normalized spacial score (nSPS) is 49.2. The van der Waals surface area contributed by atoms with Crippen molar-refractivity contribution in [1.82, 2.24) is 0 Å². The highest BCUT2D eigenvalue weighted by Crippen LogP contribution is 2.21. The maximum atomic E-state index is 12.6. The maximum Gasteiger partial charge on any atom is 0.228 e. The summed E-state index contributed by atoms with van der Waals surface area (Å²) in [5.74, 6) is 0. The molecule has 4 N–H and O–H groups in total. The predicted octanol–water partition coefficient (Wildman–Crippen LogP) is -2.24. The number of hydrogen-bond acceptors (Lipinski definition) is 5. The fraction of sp³-hybridized carbons (Fsp3) is 1.00. The van der Waals surface area contributed by atoms with Gasteiger partial charge >= 0.3 is 0 Å². The summed E-state index contributed by atoms with van der Waals surface area (Å²) < 4.78 is 16.9. The van der Waals surface area contributed by atoms with Crippen LogP contribution in [0.2, 0.25) is 0 Å². The summed E-state index contributed by atoms with van der Waals surface area (Å²) in [5.41, 5.74) is 0. The van der Waals surface area contributed by atoms with E-state index in [1.165, 1.54) is 0 Å². The highest BCUT2D eigenvalue weighted by molar-refractivity contribution is 4.88. The van der Waals surface area contributed by atoms with Crippen molar-refractivity contribution in [2.24, 2.45) is 0 Å². The van der Waals surface area contributed by atoms with Crippen LogP contribution < -0.4 is 0 Å². The fourth-order valence-corrected chi connectivity index (χ4v) is 1.06. The Kier molecular flexibility index (Phi) is 2.97. The van der Waals surface area contributed by atoms with Gasteiger partial charge in [0.1, 0.15) is 24.4 Å². The van der Waals surface area contributed by atoms with Crippen molar-refractivity contribution in [3.8, 4) is 0 Å². The van der Waals surface area contributed by atoms with E-state index >= 15 is 0 Å². The van der Waals surface area contributed by atoms with Crippen LogP contribution in [0, 0.1) is 0 Å². The van der Waals surface area contributed by atoms with Crippen LogP contribution in [0.4, 0.5) is 4.39 Å². The van der Waals surface area contributed by atoms with Gasteiger partial charge in [-0.05, 0) is 0 Å². The SMILES string of the molecule is OC[C@H]1O[C@H](F)[C@H](O)[C@@H](O)[C@H]1O. The van der Waals surface area contributed by atoms with E-state index in [-0.39, 0.29) is 0 Å². The van der Waals surface area contributed by atoms with E-state index in [0.717, 1.165) is 0 Å². The number of hydrogen-bond donors (Lipinski definition) is 4. The molecule has 5 atom stereocenters. The Morgan fingerprint density at radius 3 is 2.17 bits per heavy atom. The number of aliphatic hydroxyl groups excluding tert-OH is 4. The van der Waals surface area contributed by atoms with Gasteiger partial charge in [0.15, 0.2) is 0 Å². The van der Waals surface area contributed by atoms with Gasteiger partial charge < -0.3 is 25.2 Å². The van der Waals surface area contributed by atoms with Crippen LogP contribution >= 0.6 is 0 Å². The topological polar surface area (TPSA) is 90.2 Å². The van der Waals surface area contributed by atoms with Gasteiger partial charge in [-0.15, -0.1) is 0 Å². The van der Waals surface area contributed by atoms with Crippen LogP contribution in [0.25, 0.3) is 0 Å². The van der Waals surface area contributed by atoms with E-state index in [0.29, 0.717) is 0 Å². The summed E-state index contributed by atoms with van der Waals surface area (Å²) in [6.07, 6.45) is -8.09. The van der Waals surface area contributed by atoms with E-state index in [1.54, 1.807) is 0 Å². The zero-order valence-electron chi connectivity index (χ0n) is 6.17. The molecule has 0 radical (unpaired) electrons. The standard InChI is InChI=1S/C6H11FO5/c7-6-5(11)4(10)3(9)2(1-8)12-6/h2-6,8-11H,1H2/t2-,3+,4+,5-,6+/m1/s1. The Morgan fingerprint density at radius 2 is 1.67 bits per heavy atom. The summed E-state index contributed by atoms with van der Waals surface area (Å²) in [7, 11) is 0. The van der Waals surface area contributed by atoms with Gasteiger partial charge in [-0.25, -0.2) is 4.39 Å². The molecule has 0 aromatic heterocycles. The third-order valence-electron chi connectivity index (χ3n) is 1.83. The first-order valence-electron chi connectivity index (χ1n) is 3.52. The average Bonchev–Trinajstić information content (AvgIpc) is 2.08. The Labute approximate surface area is 68.0 Å². The minimum absolute atomic E-state index is 0.606. The van der Waals surface area contributed by atoms with Gasteiger partial charge in [-0.3, -0.25) is 0 Å². The van der Waals surface area contributed by atoms with Crippen molar-refractivity contribution in [2.75, 3.05) is 6.61 Å². The molecule has 0 unspecified atom stereocenters. The van der Waals surface area contributed by atoms with E-state index in [2.05, 4.69) is 4.74 Å². The van der Waals surface area contributed by atoms with Crippen molar-refractivity contribution < 1.29 is 29.6 Å². The average molecular weight is 182 g/mol. The van der Waals surface area contributed by atoms with Crippen molar-refractivity contribution >= 4 is 0 Å². The van der Waals surface area contributed by atoms with Crippen molar-refractivity contribution in [3.05, 3.63) is 0 Å². The largest absolute Gasteiger partial charge is 0.394 e. The Morgan fingerprint density at radius 1 is 1.08 bits per heavy atom. The molecule has 1 fully saturated rings. The lowest BCUT2D eigenvalue weighted by Crippen LogP contribution is -2.57. The van der Waals surface area contributed by atoms with Crippen LogP contribution in [-0.4, -0.2) is 57.8 Å². The Hall–Kier alpha value is -0.270. The summed E-state index contributed by atoms with van der Waals surface area (Å²) in [6.45, 7) is -0.606. The molecule has 0 bridgehead atoms. The second-order valence-electron chi connectivity index (χ2n) is 2.68. The molecule has 72 valence electrons. The summed E-state index contributed by atoms with van der Waals surface area (Å²) in [5, 5.41) is 35.4. The van der Waals surface area contributed by atoms with Crippen LogP contribution in [-0.2, 0) is 4.74 Å². The molecule has 1 aliphatic heterocycles. The first-order valence-corrected chi connectivity index (χ1v) is 3.52. The van der Waals surface area contributed by atoms with Gasteiger partial charge in [0.25, 0.3) is 0 Å². The lowest BCUT2D eigenvalue weighted by molar-refractivity contribution is -0.262. The molecular weight excluding hydrogens is 171 g/mol. The minimum atomic E-state index is -2.07. The van der Waals surface area contributed by atoms with Gasteiger partial charge in [0.05, 0.1) is 6.61 Å². The Bertz CT molecular complexity index is 150. The second-order valence-corrected chi connectivity index (χ2v) is 2.68. The van der Waals surface area contributed by atoms with E-state index in [9.17, 15) is 4.39 Å². The first kappa shape index (κ1) is 9.82. The lowest BCUT2D eigenvalue weighted by Gasteiger charge is -2.36. The van der Waals surface area contributed by atoms with E-state index in [1.807, 2.05) is 0 Å². The van der Waals surface area contributed by atoms with Crippen molar-refractivity contribution in [1.29, 1.82) is 0 Å². The zero-order chi connectivity index (χ0) is 9.30. The molecule has 12 heavy (non-hydrogen) atoms. The zero-order valence-corrected chi connectivity index (χ0v) is 6.17. The van der Waals surface area contributed by atoms with Crippen LogP contribution in [0.3, 0.4) is 0 Å². The molecule has 0 spiro atoms. The summed E-state index contributed by atoms with van der Waals surface area (Å²) in [6, 6.07) is 0. The summed E-state index contributed by atoms with van der Waals surface area (Å²) >= 11 is 0.